The highest BCUT2D eigenvalue weighted by Gasteiger charge is 2.32. The molecule has 3 N–H and O–H groups in total. The molecule has 2 rings (SSSR count). The lowest BCUT2D eigenvalue weighted by Gasteiger charge is -2.23. The molecule has 0 radical (unpaired) electrons. The fourth-order valence-corrected chi connectivity index (χ4v) is 2.43. The van der Waals surface area contributed by atoms with E-state index in [2.05, 4.69) is 4.90 Å². The highest BCUT2D eigenvalue weighted by atomic mass is 32.1. The quantitative estimate of drug-likeness (QED) is 0.807. The van der Waals surface area contributed by atoms with E-state index in [9.17, 15) is 5.11 Å². The van der Waals surface area contributed by atoms with Crippen LogP contribution in [0.4, 0.5) is 5.69 Å². The van der Waals surface area contributed by atoms with E-state index in [0.717, 1.165) is 30.0 Å². The average molecular weight is 266 g/mol. The van der Waals surface area contributed by atoms with Gasteiger partial charge in [-0.25, -0.2) is 0 Å². The van der Waals surface area contributed by atoms with Gasteiger partial charge in [-0.15, -0.1) is 0 Å². The molecule has 4 nitrogen and oxygen atoms in total. The Morgan fingerprint density at radius 3 is 2.78 bits per heavy atom. The average Bonchev–Trinajstić information content (AvgIpc) is 2.68. The minimum absolute atomic E-state index is 0.360. The Hall–Kier alpha value is -1.33. The summed E-state index contributed by atoms with van der Waals surface area (Å²) in [6, 6.07) is 5.62. The number of anilines is 1. The van der Waals surface area contributed by atoms with Crippen molar-refractivity contribution in [1.82, 2.24) is 0 Å². The number of aliphatic hydroxyl groups is 1. The predicted molar refractivity (Wildman–Crippen MR) is 76.3 cm³/mol. The van der Waals surface area contributed by atoms with Crippen molar-refractivity contribution in [3.63, 3.8) is 0 Å². The van der Waals surface area contributed by atoms with Crippen molar-refractivity contribution in [2.75, 3.05) is 25.1 Å². The van der Waals surface area contributed by atoms with E-state index in [-0.39, 0.29) is 0 Å². The number of thiocarbonyl (C=S) groups is 1. The van der Waals surface area contributed by atoms with Gasteiger partial charge in [0.25, 0.3) is 0 Å². The Kier molecular flexibility index (Phi) is 3.45. The number of hydrogen-bond donors (Lipinski definition) is 2. The summed E-state index contributed by atoms with van der Waals surface area (Å²) in [4.78, 5) is 2.45. The second-order valence-corrected chi connectivity index (χ2v) is 5.36. The largest absolute Gasteiger partial charge is 0.497 e. The maximum Gasteiger partial charge on any atom is 0.120 e. The first kappa shape index (κ1) is 13.1. The smallest absolute Gasteiger partial charge is 0.120 e. The maximum atomic E-state index is 10.0. The van der Waals surface area contributed by atoms with Crippen molar-refractivity contribution in [2.45, 2.75) is 18.9 Å². The number of nitrogens with zero attached hydrogens (tertiary/aromatic N) is 1. The fraction of sp³-hybridized carbons (Fsp3) is 0.462. The summed E-state index contributed by atoms with van der Waals surface area (Å²) < 4.78 is 5.23. The van der Waals surface area contributed by atoms with Gasteiger partial charge in [-0.3, -0.25) is 0 Å². The van der Waals surface area contributed by atoms with Gasteiger partial charge in [0.2, 0.25) is 0 Å². The summed E-state index contributed by atoms with van der Waals surface area (Å²) >= 11 is 5.07. The van der Waals surface area contributed by atoms with Crippen LogP contribution < -0.4 is 15.4 Å². The number of methoxy groups -OCH3 is 1. The summed E-state index contributed by atoms with van der Waals surface area (Å²) in [5.74, 6) is 0.761. The van der Waals surface area contributed by atoms with Gasteiger partial charge in [-0.05, 0) is 25.5 Å². The van der Waals surface area contributed by atoms with Gasteiger partial charge >= 0.3 is 0 Å². The van der Waals surface area contributed by atoms with E-state index in [4.69, 9.17) is 22.7 Å². The highest BCUT2D eigenvalue weighted by molar-refractivity contribution is 7.80. The first-order valence-corrected chi connectivity index (χ1v) is 6.29. The van der Waals surface area contributed by atoms with Crippen LogP contribution in [0, 0.1) is 0 Å². The predicted octanol–water partition coefficient (Wildman–Crippen LogP) is 1.29. The molecule has 1 fully saturated rings. The van der Waals surface area contributed by atoms with Crippen molar-refractivity contribution in [2.24, 2.45) is 5.73 Å². The van der Waals surface area contributed by atoms with Crippen LogP contribution in [-0.2, 0) is 0 Å². The maximum absolute atomic E-state index is 10.0. The minimum atomic E-state index is -0.656. The van der Waals surface area contributed by atoms with Crippen molar-refractivity contribution in [3.8, 4) is 5.75 Å². The Morgan fingerprint density at radius 2 is 2.28 bits per heavy atom. The van der Waals surface area contributed by atoms with Crippen molar-refractivity contribution in [3.05, 3.63) is 23.8 Å². The van der Waals surface area contributed by atoms with E-state index in [0.29, 0.717) is 11.5 Å². The zero-order valence-corrected chi connectivity index (χ0v) is 11.5. The van der Waals surface area contributed by atoms with Crippen LogP contribution in [-0.4, -0.2) is 35.9 Å². The first-order valence-electron chi connectivity index (χ1n) is 5.88. The topological polar surface area (TPSA) is 58.7 Å². The van der Waals surface area contributed by atoms with E-state index in [1.54, 1.807) is 7.11 Å². The molecule has 0 bridgehead atoms. The van der Waals surface area contributed by atoms with Gasteiger partial charge in [-0.2, -0.15) is 0 Å². The van der Waals surface area contributed by atoms with Crippen LogP contribution in [0.5, 0.6) is 5.75 Å². The normalized spacial score (nSPS) is 23.2. The van der Waals surface area contributed by atoms with Gasteiger partial charge in [0.05, 0.1) is 18.4 Å². The number of β-amino-alcohol motifs (C(OH)–C–C–N with tert-alkyl or cyclic N) is 1. The van der Waals surface area contributed by atoms with Gasteiger partial charge in [0.1, 0.15) is 10.7 Å². The molecule has 1 aliphatic rings. The van der Waals surface area contributed by atoms with Crippen LogP contribution in [0.3, 0.4) is 0 Å². The molecule has 1 saturated heterocycles. The molecule has 98 valence electrons. The molecule has 1 aromatic rings. The van der Waals surface area contributed by atoms with E-state index in [1.165, 1.54) is 0 Å². The second-order valence-electron chi connectivity index (χ2n) is 4.92. The lowest BCUT2D eigenvalue weighted by Crippen LogP contribution is -2.30. The van der Waals surface area contributed by atoms with Gasteiger partial charge in [0.15, 0.2) is 0 Å². The molecular weight excluding hydrogens is 248 g/mol. The molecule has 1 aromatic carbocycles. The molecule has 0 aromatic heterocycles. The van der Waals surface area contributed by atoms with Crippen LogP contribution in [0.15, 0.2) is 18.2 Å². The van der Waals surface area contributed by atoms with Crippen LogP contribution in [0.1, 0.15) is 18.9 Å². The Morgan fingerprint density at radius 1 is 1.56 bits per heavy atom. The minimum Gasteiger partial charge on any atom is -0.497 e. The number of ether oxygens (including phenoxy) is 1. The monoisotopic (exact) mass is 266 g/mol. The number of rotatable bonds is 3. The van der Waals surface area contributed by atoms with Crippen LogP contribution >= 0.6 is 12.2 Å². The van der Waals surface area contributed by atoms with E-state index >= 15 is 0 Å². The van der Waals surface area contributed by atoms with Crippen molar-refractivity contribution < 1.29 is 9.84 Å². The van der Waals surface area contributed by atoms with Gasteiger partial charge in [-0.1, -0.05) is 12.2 Å². The molecule has 1 atom stereocenters. The third-order valence-electron chi connectivity index (χ3n) is 3.26. The SMILES string of the molecule is COc1ccc(C(N)=S)c(N2CCC(C)(O)C2)c1. The van der Waals surface area contributed by atoms with Crippen LogP contribution in [0.2, 0.25) is 0 Å². The highest BCUT2D eigenvalue weighted by Crippen LogP contribution is 2.31. The number of nitrogens with two attached hydrogens (primary N) is 1. The molecule has 0 aliphatic carbocycles. The lowest BCUT2D eigenvalue weighted by atomic mass is 10.1. The Labute approximate surface area is 112 Å². The van der Waals surface area contributed by atoms with Crippen LogP contribution in [0.25, 0.3) is 0 Å². The number of benzene rings is 1. The summed E-state index contributed by atoms with van der Waals surface area (Å²) in [7, 11) is 1.62. The zero-order valence-electron chi connectivity index (χ0n) is 10.6. The molecule has 0 amide bonds. The third-order valence-corrected chi connectivity index (χ3v) is 3.48. The van der Waals surface area contributed by atoms with E-state index < -0.39 is 5.60 Å². The van der Waals surface area contributed by atoms with E-state index in [1.807, 2.05) is 25.1 Å². The van der Waals surface area contributed by atoms with Gasteiger partial charge < -0.3 is 20.5 Å². The summed E-state index contributed by atoms with van der Waals surface area (Å²) in [5.41, 5.74) is 6.84. The molecule has 5 heteroatoms. The lowest BCUT2D eigenvalue weighted by molar-refractivity contribution is 0.0839. The fourth-order valence-electron chi connectivity index (χ4n) is 2.26. The van der Waals surface area contributed by atoms with Gasteiger partial charge in [0, 0.05) is 24.7 Å². The number of hydrogen-bond acceptors (Lipinski definition) is 4. The molecule has 1 aliphatic heterocycles. The summed E-state index contributed by atoms with van der Waals surface area (Å²) in [6.07, 6.45) is 0.737. The molecule has 0 spiro atoms. The standard InChI is InChI=1S/C13H18N2O2S/c1-13(16)5-6-15(8-13)11-7-9(17-2)3-4-10(11)12(14)18/h3-4,7,16H,5-6,8H2,1-2H3,(H2,14,18). The zero-order chi connectivity index (χ0) is 13.3. The molecule has 0 saturated carbocycles. The van der Waals surface area contributed by atoms with Crippen molar-refractivity contribution in [1.29, 1.82) is 0 Å². The Bertz CT molecular complexity index is 474. The third kappa shape index (κ3) is 2.57. The summed E-state index contributed by atoms with van der Waals surface area (Å²) in [5, 5.41) is 10.0. The molecule has 18 heavy (non-hydrogen) atoms. The molecule has 1 heterocycles. The first-order chi connectivity index (χ1) is 8.43. The molecule has 1 unspecified atom stereocenters. The Balaban J connectivity index is 2.38. The molecular formula is C13H18N2O2S. The summed E-state index contributed by atoms with van der Waals surface area (Å²) in [6.45, 7) is 3.21. The van der Waals surface area contributed by atoms with Crippen molar-refractivity contribution >= 4 is 22.9 Å². The second kappa shape index (κ2) is 4.74.